The SMILES string of the molecule is CC(CCC(C)(C)C(C)F)c1cn2nc(C[C@H]3CCCNC3=O)c(N3CCN(C)C4(CC4)C3)nc2n1. The fraction of sp³-hybridized carbons (Fsp3) is 0.778. The van der Waals surface area contributed by atoms with Crippen LogP contribution in [0.4, 0.5) is 10.2 Å². The van der Waals surface area contributed by atoms with Gasteiger partial charge in [-0.2, -0.15) is 10.1 Å². The molecule has 1 aliphatic carbocycles. The molecule has 2 aromatic rings. The minimum atomic E-state index is -0.852. The van der Waals surface area contributed by atoms with Crippen molar-refractivity contribution in [1.29, 1.82) is 0 Å². The molecule has 1 saturated carbocycles. The zero-order chi connectivity index (χ0) is 25.7. The minimum Gasteiger partial charge on any atom is -0.356 e. The summed E-state index contributed by atoms with van der Waals surface area (Å²) in [5.74, 6) is 1.72. The van der Waals surface area contributed by atoms with Gasteiger partial charge < -0.3 is 10.2 Å². The number of imidazole rings is 1. The molecule has 3 fully saturated rings. The van der Waals surface area contributed by atoms with Crippen molar-refractivity contribution in [3.8, 4) is 0 Å². The molecule has 2 aromatic heterocycles. The number of amides is 1. The maximum Gasteiger partial charge on any atom is 0.252 e. The Morgan fingerprint density at radius 1 is 1.25 bits per heavy atom. The lowest BCUT2D eigenvalue weighted by molar-refractivity contribution is -0.126. The maximum absolute atomic E-state index is 14.0. The quantitative estimate of drug-likeness (QED) is 0.596. The summed E-state index contributed by atoms with van der Waals surface area (Å²) < 4.78 is 15.8. The van der Waals surface area contributed by atoms with Crippen molar-refractivity contribution >= 4 is 17.5 Å². The lowest BCUT2D eigenvalue weighted by atomic mass is 9.81. The van der Waals surface area contributed by atoms with E-state index in [4.69, 9.17) is 15.1 Å². The van der Waals surface area contributed by atoms with Gasteiger partial charge in [-0.3, -0.25) is 9.69 Å². The van der Waals surface area contributed by atoms with E-state index in [1.807, 2.05) is 20.0 Å². The van der Waals surface area contributed by atoms with E-state index < -0.39 is 6.17 Å². The fourth-order valence-corrected chi connectivity index (χ4v) is 5.61. The minimum absolute atomic E-state index is 0.0709. The number of nitrogens with one attached hydrogen (secondary N) is 1. The van der Waals surface area contributed by atoms with Crippen LogP contribution in [0.5, 0.6) is 0 Å². The molecule has 2 unspecified atom stereocenters. The summed E-state index contributed by atoms with van der Waals surface area (Å²) >= 11 is 0. The third kappa shape index (κ3) is 4.95. The van der Waals surface area contributed by atoms with E-state index in [2.05, 4.69) is 29.1 Å². The van der Waals surface area contributed by atoms with Crippen LogP contribution < -0.4 is 10.2 Å². The number of halogens is 1. The van der Waals surface area contributed by atoms with Crippen LogP contribution in [0, 0.1) is 11.3 Å². The molecule has 9 heteroatoms. The van der Waals surface area contributed by atoms with E-state index in [1.54, 1.807) is 11.4 Å². The summed E-state index contributed by atoms with van der Waals surface area (Å²) in [6.07, 6.45) is 7.67. The summed E-state index contributed by atoms with van der Waals surface area (Å²) in [7, 11) is 2.22. The second-order valence-electron chi connectivity index (χ2n) is 12.2. The van der Waals surface area contributed by atoms with Crippen molar-refractivity contribution in [2.45, 2.75) is 90.3 Å². The molecule has 4 heterocycles. The predicted octanol–water partition coefficient (Wildman–Crippen LogP) is 3.75. The Bertz CT molecular complexity index is 1110. The summed E-state index contributed by atoms with van der Waals surface area (Å²) in [6.45, 7) is 11.4. The summed E-state index contributed by atoms with van der Waals surface area (Å²) in [6, 6.07) is 0. The third-order valence-electron chi connectivity index (χ3n) is 9.15. The van der Waals surface area contributed by atoms with Gasteiger partial charge in [0.15, 0.2) is 5.82 Å². The van der Waals surface area contributed by atoms with Gasteiger partial charge in [0.25, 0.3) is 5.78 Å². The van der Waals surface area contributed by atoms with Crippen molar-refractivity contribution in [1.82, 2.24) is 29.8 Å². The van der Waals surface area contributed by atoms with Gasteiger partial charge in [-0.25, -0.2) is 13.9 Å². The van der Waals surface area contributed by atoms with Crippen LogP contribution in [0.25, 0.3) is 5.78 Å². The normalized spacial score (nSPS) is 24.2. The van der Waals surface area contributed by atoms with E-state index >= 15 is 0 Å². The van der Waals surface area contributed by atoms with Crippen LogP contribution in [0.15, 0.2) is 6.20 Å². The van der Waals surface area contributed by atoms with E-state index in [-0.39, 0.29) is 28.7 Å². The van der Waals surface area contributed by atoms with Gasteiger partial charge >= 0.3 is 0 Å². The number of alkyl halides is 1. The van der Waals surface area contributed by atoms with Crippen molar-refractivity contribution in [3.63, 3.8) is 0 Å². The Balaban J connectivity index is 1.44. The van der Waals surface area contributed by atoms with Crippen molar-refractivity contribution in [2.75, 3.05) is 38.1 Å². The number of fused-ring (bicyclic) bond motifs is 1. The lowest BCUT2D eigenvalue weighted by Crippen LogP contribution is -2.54. The van der Waals surface area contributed by atoms with Gasteiger partial charge in [0.1, 0.15) is 11.9 Å². The molecule has 1 amide bonds. The molecule has 1 N–H and O–H groups in total. The fourth-order valence-electron chi connectivity index (χ4n) is 5.61. The molecule has 3 aliphatic rings. The van der Waals surface area contributed by atoms with Gasteiger partial charge in [0.05, 0.1) is 11.9 Å². The number of carbonyl (C=O) groups excluding carboxylic acids is 1. The Hall–Kier alpha value is -2.29. The number of nitrogens with zero attached hydrogens (tertiary/aromatic N) is 6. The number of hydrogen-bond donors (Lipinski definition) is 1. The molecule has 36 heavy (non-hydrogen) atoms. The van der Waals surface area contributed by atoms with Gasteiger partial charge in [0, 0.05) is 50.0 Å². The number of rotatable bonds is 8. The molecule has 3 atom stereocenters. The second-order valence-corrected chi connectivity index (χ2v) is 12.2. The summed E-state index contributed by atoms with van der Waals surface area (Å²) in [4.78, 5) is 27.3. The van der Waals surface area contributed by atoms with Crippen molar-refractivity contribution < 1.29 is 9.18 Å². The standard InChI is InChI=1S/C27H42FN7O/c1-18(8-9-26(3,4)19(2)28)22-16-35-25(30-22)31-23(34-14-13-33(5)27(17-34)10-11-27)21(32-35)15-20-7-6-12-29-24(20)36/h16,18-20H,6-15,17H2,1-5H3,(H,29,36)/t18?,19?,20-/m1/s1. The van der Waals surface area contributed by atoms with E-state index in [1.165, 1.54) is 12.8 Å². The molecule has 2 aliphatic heterocycles. The number of hydrogen-bond acceptors (Lipinski definition) is 6. The summed E-state index contributed by atoms with van der Waals surface area (Å²) in [5, 5.41) is 8.02. The van der Waals surface area contributed by atoms with Crippen molar-refractivity contribution in [3.05, 3.63) is 17.6 Å². The average molecular weight is 500 g/mol. The highest BCUT2D eigenvalue weighted by Crippen LogP contribution is 2.44. The molecule has 0 bridgehead atoms. The van der Waals surface area contributed by atoms with E-state index in [0.717, 1.165) is 69.1 Å². The van der Waals surface area contributed by atoms with Crippen LogP contribution in [0.3, 0.4) is 0 Å². The van der Waals surface area contributed by atoms with Crippen LogP contribution in [0.1, 0.15) is 83.5 Å². The molecule has 1 spiro atoms. The van der Waals surface area contributed by atoms with Gasteiger partial charge in [-0.15, -0.1) is 0 Å². The monoisotopic (exact) mass is 499 g/mol. The third-order valence-corrected chi connectivity index (χ3v) is 9.15. The second kappa shape index (κ2) is 9.54. The maximum atomic E-state index is 14.0. The largest absolute Gasteiger partial charge is 0.356 e. The Morgan fingerprint density at radius 3 is 2.72 bits per heavy atom. The van der Waals surface area contributed by atoms with Crippen LogP contribution in [0.2, 0.25) is 0 Å². The highest BCUT2D eigenvalue weighted by molar-refractivity contribution is 5.79. The highest BCUT2D eigenvalue weighted by Gasteiger charge is 2.50. The number of piperidine rings is 1. The van der Waals surface area contributed by atoms with Crippen LogP contribution >= 0.6 is 0 Å². The molecule has 0 radical (unpaired) electrons. The molecule has 8 nitrogen and oxygen atoms in total. The smallest absolute Gasteiger partial charge is 0.252 e. The number of piperazine rings is 1. The van der Waals surface area contributed by atoms with Gasteiger partial charge in [-0.05, 0) is 57.9 Å². The first-order valence-corrected chi connectivity index (χ1v) is 13.7. The number of carbonyl (C=O) groups is 1. The first kappa shape index (κ1) is 25.4. The molecule has 2 saturated heterocycles. The molecule has 5 rings (SSSR count). The zero-order valence-electron chi connectivity index (χ0n) is 22.6. The van der Waals surface area contributed by atoms with Crippen LogP contribution in [-0.4, -0.2) is 75.3 Å². The Morgan fingerprint density at radius 2 is 2.03 bits per heavy atom. The highest BCUT2D eigenvalue weighted by atomic mass is 19.1. The number of likely N-dealkylation sites (N-methyl/N-ethyl adjacent to an activating group) is 1. The van der Waals surface area contributed by atoms with Gasteiger partial charge in [0.2, 0.25) is 5.91 Å². The molecule has 198 valence electrons. The first-order valence-electron chi connectivity index (χ1n) is 13.7. The molecule has 0 aromatic carbocycles. The number of aromatic nitrogens is 4. The average Bonchev–Trinajstić information content (AvgIpc) is 3.49. The predicted molar refractivity (Wildman–Crippen MR) is 139 cm³/mol. The topological polar surface area (TPSA) is 78.7 Å². The Kier molecular flexibility index (Phi) is 6.72. The van der Waals surface area contributed by atoms with Gasteiger partial charge in [-0.1, -0.05) is 20.8 Å². The van der Waals surface area contributed by atoms with Crippen LogP contribution in [-0.2, 0) is 11.2 Å². The number of anilines is 1. The first-order chi connectivity index (χ1) is 17.1. The van der Waals surface area contributed by atoms with E-state index in [0.29, 0.717) is 12.2 Å². The molecular weight excluding hydrogens is 457 g/mol. The zero-order valence-corrected chi connectivity index (χ0v) is 22.6. The Labute approximate surface area is 214 Å². The molecular formula is C27H42FN7O. The van der Waals surface area contributed by atoms with E-state index in [9.17, 15) is 9.18 Å². The summed E-state index contributed by atoms with van der Waals surface area (Å²) in [5.41, 5.74) is 1.72. The lowest BCUT2D eigenvalue weighted by Gasteiger charge is -2.41. The van der Waals surface area contributed by atoms with Crippen molar-refractivity contribution in [2.24, 2.45) is 11.3 Å².